The Kier molecular flexibility index (Phi) is 5.19. The van der Waals surface area contributed by atoms with Crippen molar-refractivity contribution in [1.29, 1.82) is 10.5 Å². The summed E-state index contributed by atoms with van der Waals surface area (Å²) in [5.41, 5.74) is 0.0584. The molecule has 2 aromatic rings. The first kappa shape index (κ1) is 17.1. The summed E-state index contributed by atoms with van der Waals surface area (Å²) in [4.78, 5) is 12.3. The molecule has 0 heterocycles. The fraction of sp³-hybridized carbons (Fsp3) is 0.211. The first-order valence-electron chi connectivity index (χ1n) is 7.51. The molecule has 1 N–H and O–H groups in total. The van der Waals surface area contributed by atoms with E-state index in [1.165, 1.54) is 0 Å². The number of nitrogens with zero attached hydrogens (tertiary/aromatic N) is 2. The van der Waals surface area contributed by atoms with Crippen molar-refractivity contribution in [3.63, 3.8) is 0 Å². The SMILES string of the molecule is CCC(C)(C#N)NC(=O)c1cccc(Oc2ccc(C#N)cc2)c1. The van der Waals surface area contributed by atoms with Crippen LogP contribution < -0.4 is 10.1 Å². The van der Waals surface area contributed by atoms with Crippen LogP contribution in [0.3, 0.4) is 0 Å². The summed E-state index contributed by atoms with van der Waals surface area (Å²) in [6.45, 7) is 3.52. The van der Waals surface area contributed by atoms with E-state index in [0.29, 0.717) is 29.0 Å². The van der Waals surface area contributed by atoms with Crippen molar-refractivity contribution in [3.8, 4) is 23.6 Å². The lowest BCUT2D eigenvalue weighted by molar-refractivity contribution is 0.0922. The molecular formula is C19H17N3O2. The fourth-order valence-electron chi connectivity index (χ4n) is 1.95. The van der Waals surface area contributed by atoms with Crippen LogP contribution in [0.5, 0.6) is 11.5 Å². The lowest BCUT2D eigenvalue weighted by Gasteiger charge is -2.21. The topological polar surface area (TPSA) is 85.9 Å². The van der Waals surface area contributed by atoms with Gasteiger partial charge < -0.3 is 10.1 Å². The molecule has 0 bridgehead atoms. The van der Waals surface area contributed by atoms with E-state index < -0.39 is 5.54 Å². The highest BCUT2D eigenvalue weighted by Crippen LogP contribution is 2.23. The molecule has 0 fully saturated rings. The number of hydrogen-bond acceptors (Lipinski definition) is 4. The summed E-state index contributed by atoms with van der Waals surface area (Å²) in [5.74, 6) is 0.746. The second-order valence-corrected chi connectivity index (χ2v) is 5.52. The zero-order valence-corrected chi connectivity index (χ0v) is 13.5. The Hall–Kier alpha value is -3.31. The number of hydrogen-bond donors (Lipinski definition) is 1. The number of nitriles is 2. The van der Waals surface area contributed by atoms with E-state index in [2.05, 4.69) is 11.4 Å². The van der Waals surface area contributed by atoms with E-state index in [1.54, 1.807) is 55.5 Å². The fourth-order valence-corrected chi connectivity index (χ4v) is 1.95. The molecule has 120 valence electrons. The Morgan fingerprint density at radius 2 is 1.88 bits per heavy atom. The van der Waals surface area contributed by atoms with Gasteiger partial charge in [-0.15, -0.1) is 0 Å². The minimum absolute atomic E-state index is 0.328. The van der Waals surface area contributed by atoms with Crippen LogP contribution in [0.25, 0.3) is 0 Å². The first-order chi connectivity index (χ1) is 11.5. The summed E-state index contributed by atoms with van der Waals surface area (Å²) in [6, 6.07) is 17.6. The summed E-state index contributed by atoms with van der Waals surface area (Å²) in [5, 5.41) is 20.7. The van der Waals surface area contributed by atoms with E-state index in [1.807, 2.05) is 13.0 Å². The minimum atomic E-state index is -0.902. The molecule has 0 aliphatic rings. The molecule has 5 heteroatoms. The van der Waals surface area contributed by atoms with Crippen molar-refractivity contribution in [2.75, 3.05) is 0 Å². The molecule has 24 heavy (non-hydrogen) atoms. The van der Waals surface area contributed by atoms with Gasteiger partial charge in [0.15, 0.2) is 0 Å². The monoisotopic (exact) mass is 319 g/mol. The highest BCUT2D eigenvalue weighted by molar-refractivity contribution is 5.95. The molecule has 1 atom stereocenters. The average Bonchev–Trinajstić information content (AvgIpc) is 2.62. The van der Waals surface area contributed by atoms with E-state index in [0.717, 1.165) is 0 Å². The van der Waals surface area contributed by atoms with Crippen LogP contribution in [0.1, 0.15) is 36.2 Å². The van der Waals surface area contributed by atoms with Crippen LogP contribution in [0.4, 0.5) is 0 Å². The molecule has 1 amide bonds. The van der Waals surface area contributed by atoms with E-state index in [9.17, 15) is 4.79 Å². The zero-order valence-electron chi connectivity index (χ0n) is 13.5. The van der Waals surface area contributed by atoms with Gasteiger partial charge in [0.05, 0.1) is 17.7 Å². The van der Waals surface area contributed by atoms with E-state index in [4.69, 9.17) is 15.3 Å². The summed E-state index contributed by atoms with van der Waals surface area (Å²) >= 11 is 0. The summed E-state index contributed by atoms with van der Waals surface area (Å²) in [6.07, 6.45) is 0.511. The Balaban J connectivity index is 2.15. The maximum atomic E-state index is 12.3. The van der Waals surface area contributed by atoms with Crippen LogP contribution in [0.2, 0.25) is 0 Å². The predicted molar refractivity (Wildman–Crippen MR) is 89.4 cm³/mol. The van der Waals surface area contributed by atoms with Crippen LogP contribution in [-0.2, 0) is 0 Å². The van der Waals surface area contributed by atoms with Gasteiger partial charge in [-0.2, -0.15) is 10.5 Å². The highest BCUT2D eigenvalue weighted by Gasteiger charge is 2.24. The predicted octanol–water partition coefficient (Wildman–Crippen LogP) is 3.77. The van der Waals surface area contributed by atoms with Crippen molar-refractivity contribution in [1.82, 2.24) is 5.32 Å². The van der Waals surface area contributed by atoms with Gasteiger partial charge in [-0.05, 0) is 55.8 Å². The number of carbonyl (C=O) groups is 1. The lowest BCUT2D eigenvalue weighted by atomic mass is 10.0. The quantitative estimate of drug-likeness (QED) is 0.908. The third kappa shape index (κ3) is 4.12. The number of ether oxygens (including phenoxy) is 1. The van der Waals surface area contributed by atoms with E-state index >= 15 is 0 Å². The Bertz CT molecular complexity index is 816. The van der Waals surface area contributed by atoms with Crippen molar-refractivity contribution in [2.24, 2.45) is 0 Å². The summed E-state index contributed by atoms with van der Waals surface area (Å²) < 4.78 is 5.70. The lowest BCUT2D eigenvalue weighted by Crippen LogP contribution is -2.44. The van der Waals surface area contributed by atoms with Crippen molar-refractivity contribution >= 4 is 5.91 Å². The zero-order chi connectivity index (χ0) is 17.6. The average molecular weight is 319 g/mol. The largest absolute Gasteiger partial charge is 0.457 e. The molecule has 0 spiro atoms. The van der Waals surface area contributed by atoms with Gasteiger partial charge in [-0.25, -0.2) is 0 Å². The van der Waals surface area contributed by atoms with Crippen LogP contribution in [-0.4, -0.2) is 11.4 Å². The molecule has 0 aromatic heterocycles. The normalized spacial score (nSPS) is 12.3. The first-order valence-corrected chi connectivity index (χ1v) is 7.51. The third-order valence-electron chi connectivity index (χ3n) is 3.66. The molecular weight excluding hydrogens is 302 g/mol. The smallest absolute Gasteiger partial charge is 0.252 e. The Labute approximate surface area is 141 Å². The molecule has 0 saturated heterocycles. The van der Waals surface area contributed by atoms with Gasteiger partial charge in [-0.3, -0.25) is 4.79 Å². The molecule has 0 radical (unpaired) electrons. The number of amides is 1. The van der Waals surface area contributed by atoms with Gasteiger partial charge >= 0.3 is 0 Å². The number of nitrogens with one attached hydrogen (secondary N) is 1. The van der Waals surface area contributed by atoms with Crippen molar-refractivity contribution < 1.29 is 9.53 Å². The third-order valence-corrected chi connectivity index (χ3v) is 3.66. The van der Waals surface area contributed by atoms with Gasteiger partial charge in [0.1, 0.15) is 17.0 Å². The Morgan fingerprint density at radius 1 is 1.17 bits per heavy atom. The molecule has 0 aliphatic heterocycles. The van der Waals surface area contributed by atoms with Gasteiger partial charge in [0.25, 0.3) is 5.91 Å². The maximum Gasteiger partial charge on any atom is 0.252 e. The van der Waals surface area contributed by atoms with Crippen molar-refractivity contribution in [3.05, 3.63) is 59.7 Å². The van der Waals surface area contributed by atoms with E-state index in [-0.39, 0.29) is 5.91 Å². The molecule has 2 aromatic carbocycles. The van der Waals surface area contributed by atoms with Crippen molar-refractivity contribution in [2.45, 2.75) is 25.8 Å². The number of benzene rings is 2. The molecule has 5 nitrogen and oxygen atoms in total. The minimum Gasteiger partial charge on any atom is -0.457 e. The van der Waals surface area contributed by atoms with Gasteiger partial charge in [0.2, 0.25) is 0 Å². The second-order valence-electron chi connectivity index (χ2n) is 5.52. The van der Waals surface area contributed by atoms with Crippen LogP contribution >= 0.6 is 0 Å². The Morgan fingerprint density at radius 3 is 2.46 bits per heavy atom. The van der Waals surface area contributed by atoms with Gasteiger partial charge in [-0.1, -0.05) is 13.0 Å². The summed E-state index contributed by atoms with van der Waals surface area (Å²) in [7, 11) is 0. The maximum absolute atomic E-state index is 12.3. The molecule has 1 unspecified atom stereocenters. The van der Waals surface area contributed by atoms with Gasteiger partial charge in [0, 0.05) is 5.56 Å². The molecule has 2 rings (SSSR count). The van der Waals surface area contributed by atoms with Crippen LogP contribution in [0.15, 0.2) is 48.5 Å². The second kappa shape index (κ2) is 7.30. The standard InChI is InChI=1S/C19H17N3O2/c1-3-19(2,13-21)22-18(23)15-5-4-6-17(11-15)24-16-9-7-14(12-20)8-10-16/h4-11H,3H2,1-2H3,(H,22,23). The molecule has 0 aliphatic carbocycles. The van der Waals surface area contributed by atoms with Crippen LogP contribution in [0, 0.1) is 22.7 Å². The number of rotatable bonds is 5. The highest BCUT2D eigenvalue weighted by atomic mass is 16.5. The number of carbonyl (C=O) groups excluding carboxylic acids is 1. The molecule has 0 saturated carbocycles.